The number of Topliss-reactive ketones (excluding diaryl/α,β-unsaturated/α-hetero) is 1. The summed E-state index contributed by atoms with van der Waals surface area (Å²) in [6.07, 6.45) is 1.58. The lowest BCUT2D eigenvalue weighted by Crippen LogP contribution is -2.00. The van der Waals surface area contributed by atoms with Crippen LogP contribution in [0.15, 0.2) is 42.2 Å². The summed E-state index contributed by atoms with van der Waals surface area (Å²) in [7, 11) is 3.09. The van der Waals surface area contributed by atoms with Gasteiger partial charge in [0, 0.05) is 6.07 Å². The van der Waals surface area contributed by atoms with Gasteiger partial charge in [-0.15, -0.1) is 0 Å². The van der Waals surface area contributed by atoms with Crippen LogP contribution in [0.5, 0.6) is 23.0 Å². The fourth-order valence-corrected chi connectivity index (χ4v) is 2.33. The highest BCUT2D eigenvalue weighted by atomic mass is 16.5. The standard InChI is InChI=1S/C17H14O5/c1-20-13-4-3-5-14(21-2)12(13)9-16-17(19)11-7-6-10(18)8-15(11)22-16/h3-9,18H,1-2H3/b16-9-. The molecular formula is C17H14O5. The molecule has 0 saturated carbocycles. The summed E-state index contributed by atoms with van der Waals surface area (Å²) in [6.45, 7) is 0. The van der Waals surface area contributed by atoms with Crippen LogP contribution in [0, 0.1) is 0 Å². The van der Waals surface area contributed by atoms with Crippen LogP contribution in [0.2, 0.25) is 0 Å². The van der Waals surface area contributed by atoms with Crippen molar-refractivity contribution < 1.29 is 24.1 Å². The first kappa shape index (κ1) is 14.0. The number of carbonyl (C=O) groups excluding carboxylic acids is 1. The molecule has 0 fully saturated rings. The number of methoxy groups -OCH3 is 2. The first-order valence-corrected chi connectivity index (χ1v) is 6.62. The smallest absolute Gasteiger partial charge is 0.231 e. The molecule has 3 rings (SSSR count). The maximum atomic E-state index is 12.4. The van der Waals surface area contributed by atoms with Crippen LogP contribution < -0.4 is 14.2 Å². The molecule has 0 aromatic heterocycles. The molecule has 0 amide bonds. The number of ketones is 1. The fraction of sp³-hybridized carbons (Fsp3) is 0.118. The normalized spacial score (nSPS) is 14.6. The average Bonchev–Trinajstić information content (AvgIpc) is 2.83. The van der Waals surface area contributed by atoms with E-state index in [4.69, 9.17) is 14.2 Å². The number of allylic oxidation sites excluding steroid dienone is 1. The summed E-state index contributed by atoms with van der Waals surface area (Å²) < 4.78 is 16.1. The van der Waals surface area contributed by atoms with Crippen LogP contribution in [0.4, 0.5) is 0 Å². The molecule has 1 heterocycles. The van der Waals surface area contributed by atoms with Crippen LogP contribution in [0.1, 0.15) is 15.9 Å². The predicted octanol–water partition coefficient (Wildman–Crippen LogP) is 3.03. The van der Waals surface area contributed by atoms with Gasteiger partial charge >= 0.3 is 0 Å². The van der Waals surface area contributed by atoms with Gasteiger partial charge < -0.3 is 19.3 Å². The Morgan fingerprint density at radius 3 is 2.41 bits per heavy atom. The third kappa shape index (κ3) is 2.26. The van der Waals surface area contributed by atoms with Crippen molar-refractivity contribution in [2.24, 2.45) is 0 Å². The number of rotatable bonds is 3. The van der Waals surface area contributed by atoms with Crippen LogP contribution >= 0.6 is 0 Å². The van der Waals surface area contributed by atoms with Gasteiger partial charge in [-0.05, 0) is 30.3 Å². The Morgan fingerprint density at radius 1 is 1.09 bits per heavy atom. The van der Waals surface area contributed by atoms with Crippen molar-refractivity contribution in [1.29, 1.82) is 0 Å². The highest BCUT2D eigenvalue weighted by Gasteiger charge is 2.28. The van der Waals surface area contributed by atoms with Gasteiger partial charge in [0.2, 0.25) is 5.78 Å². The van der Waals surface area contributed by atoms with Crippen molar-refractivity contribution in [3.63, 3.8) is 0 Å². The van der Waals surface area contributed by atoms with Gasteiger partial charge in [0.1, 0.15) is 23.0 Å². The van der Waals surface area contributed by atoms with E-state index in [0.717, 1.165) is 0 Å². The maximum absolute atomic E-state index is 12.4. The van der Waals surface area contributed by atoms with Crippen LogP contribution in [0.3, 0.4) is 0 Å². The van der Waals surface area contributed by atoms with E-state index in [0.29, 0.717) is 28.4 Å². The third-order valence-electron chi connectivity index (χ3n) is 3.39. The van der Waals surface area contributed by atoms with Crippen molar-refractivity contribution in [3.05, 3.63) is 53.3 Å². The zero-order valence-corrected chi connectivity index (χ0v) is 12.1. The summed E-state index contributed by atoms with van der Waals surface area (Å²) in [5.74, 6) is 1.43. The minimum Gasteiger partial charge on any atom is -0.508 e. The first-order chi connectivity index (χ1) is 10.6. The first-order valence-electron chi connectivity index (χ1n) is 6.62. The predicted molar refractivity (Wildman–Crippen MR) is 80.6 cm³/mol. The van der Waals surface area contributed by atoms with Crippen LogP contribution in [-0.4, -0.2) is 25.1 Å². The molecule has 0 unspecified atom stereocenters. The lowest BCUT2D eigenvalue weighted by atomic mass is 10.1. The van der Waals surface area contributed by atoms with Gasteiger partial charge in [-0.3, -0.25) is 4.79 Å². The fourth-order valence-electron chi connectivity index (χ4n) is 2.33. The summed E-state index contributed by atoms with van der Waals surface area (Å²) in [5, 5.41) is 9.47. The second kappa shape index (κ2) is 5.44. The van der Waals surface area contributed by atoms with Crippen molar-refractivity contribution in [2.45, 2.75) is 0 Å². The van der Waals surface area contributed by atoms with E-state index in [9.17, 15) is 9.90 Å². The summed E-state index contributed by atoms with van der Waals surface area (Å²) in [5.41, 5.74) is 1.03. The van der Waals surface area contributed by atoms with E-state index in [2.05, 4.69) is 0 Å². The van der Waals surface area contributed by atoms with Gasteiger partial charge in [-0.1, -0.05) is 6.07 Å². The van der Waals surface area contributed by atoms with Gasteiger partial charge in [-0.2, -0.15) is 0 Å². The monoisotopic (exact) mass is 298 g/mol. The SMILES string of the molecule is COc1cccc(OC)c1/C=C1\Oc2cc(O)ccc2C1=O. The summed E-state index contributed by atoms with van der Waals surface area (Å²) in [6, 6.07) is 9.73. The van der Waals surface area contributed by atoms with Crippen LogP contribution in [-0.2, 0) is 0 Å². The van der Waals surface area contributed by atoms with E-state index in [1.807, 2.05) is 0 Å². The van der Waals surface area contributed by atoms with E-state index < -0.39 is 0 Å². The molecule has 2 aromatic rings. The maximum Gasteiger partial charge on any atom is 0.231 e. The van der Waals surface area contributed by atoms with Gasteiger partial charge in [-0.25, -0.2) is 0 Å². The minimum absolute atomic E-state index is 0.0441. The highest BCUT2D eigenvalue weighted by Crippen LogP contribution is 2.37. The van der Waals surface area contributed by atoms with E-state index >= 15 is 0 Å². The van der Waals surface area contributed by atoms with Crippen molar-refractivity contribution >= 4 is 11.9 Å². The quantitative estimate of drug-likeness (QED) is 0.882. The van der Waals surface area contributed by atoms with Crippen molar-refractivity contribution in [1.82, 2.24) is 0 Å². The third-order valence-corrected chi connectivity index (χ3v) is 3.39. The molecule has 5 heteroatoms. The molecule has 22 heavy (non-hydrogen) atoms. The zero-order valence-electron chi connectivity index (χ0n) is 12.1. The Bertz CT molecular complexity index is 754. The number of phenolic OH excluding ortho intramolecular Hbond substituents is 1. The van der Waals surface area contributed by atoms with E-state index in [-0.39, 0.29) is 17.3 Å². The minimum atomic E-state index is -0.247. The number of benzene rings is 2. The average molecular weight is 298 g/mol. The molecule has 5 nitrogen and oxygen atoms in total. The molecule has 112 valence electrons. The van der Waals surface area contributed by atoms with Crippen LogP contribution in [0.25, 0.3) is 6.08 Å². The number of carbonyl (C=O) groups is 1. The number of ether oxygens (including phenoxy) is 3. The molecule has 1 aliphatic rings. The van der Waals surface area contributed by atoms with E-state index in [1.54, 1.807) is 38.5 Å². The molecule has 2 aromatic carbocycles. The molecular weight excluding hydrogens is 284 g/mol. The van der Waals surface area contributed by atoms with E-state index in [1.165, 1.54) is 18.2 Å². The molecule has 0 atom stereocenters. The van der Waals surface area contributed by atoms with Gasteiger partial charge in [0.05, 0.1) is 25.3 Å². The Morgan fingerprint density at radius 2 is 1.77 bits per heavy atom. The van der Waals surface area contributed by atoms with Gasteiger partial charge in [0.25, 0.3) is 0 Å². The molecule has 0 aliphatic carbocycles. The Balaban J connectivity index is 2.07. The van der Waals surface area contributed by atoms with Crippen molar-refractivity contribution in [2.75, 3.05) is 14.2 Å². The zero-order chi connectivity index (χ0) is 15.7. The van der Waals surface area contributed by atoms with Gasteiger partial charge in [0.15, 0.2) is 5.76 Å². The lowest BCUT2D eigenvalue weighted by molar-refractivity contribution is 0.101. The molecule has 0 spiro atoms. The Hall–Kier alpha value is -2.95. The topological polar surface area (TPSA) is 65.0 Å². The Labute approximate surface area is 127 Å². The summed E-state index contributed by atoms with van der Waals surface area (Å²) >= 11 is 0. The lowest BCUT2D eigenvalue weighted by Gasteiger charge is -2.10. The Kier molecular flexibility index (Phi) is 3.47. The number of hydrogen-bond acceptors (Lipinski definition) is 5. The molecule has 0 radical (unpaired) electrons. The molecule has 1 aliphatic heterocycles. The van der Waals surface area contributed by atoms with Crippen molar-refractivity contribution in [3.8, 4) is 23.0 Å². The number of hydrogen-bond donors (Lipinski definition) is 1. The molecule has 0 saturated heterocycles. The number of phenols is 1. The second-order valence-corrected chi connectivity index (χ2v) is 4.70. The number of aromatic hydroxyl groups is 1. The highest BCUT2D eigenvalue weighted by molar-refractivity contribution is 6.14. The molecule has 1 N–H and O–H groups in total. The second-order valence-electron chi connectivity index (χ2n) is 4.70. The number of fused-ring (bicyclic) bond motifs is 1. The summed E-state index contributed by atoms with van der Waals surface area (Å²) in [4.78, 5) is 12.4. The molecule has 0 bridgehead atoms. The largest absolute Gasteiger partial charge is 0.508 e.